The number of aliphatic hydroxyl groups excluding tert-OH is 1. The maximum atomic E-state index is 13.1. The van der Waals surface area contributed by atoms with Gasteiger partial charge in [0, 0.05) is 18.0 Å². The molecule has 0 bridgehead atoms. The predicted molar refractivity (Wildman–Crippen MR) is 95.0 cm³/mol. The normalized spacial score (nSPS) is 26.8. The smallest absolute Gasteiger partial charge is 0.290 e. The summed E-state index contributed by atoms with van der Waals surface area (Å²) in [5.41, 5.74) is 0.540. The molecule has 3 aromatic heterocycles. The molecule has 1 spiro atoms. The fourth-order valence-corrected chi connectivity index (χ4v) is 4.62. The van der Waals surface area contributed by atoms with Gasteiger partial charge in [-0.3, -0.25) is 4.79 Å². The molecule has 2 aliphatic rings. The van der Waals surface area contributed by atoms with Crippen molar-refractivity contribution in [3.8, 4) is 10.6 Å². The fourth-order valence-electron chi connectivity index (χ4n) is 3.93. The van der Waals surface area contributed by atoms with Gasteiger partial charge < -0.3 is 19.4 Å². The molecule has 3 heterocycles. The molecule has 2 atom stereocenters. The molecule has 2 N–H and O–H groups in total. The van der Waals surface area contributed by atoms with Crippen molar-refractivity contribution in [1.82, 2.24) is 20.7 Å². The minimum absolute atomic E-state index is 0.0457. The second-order valence-electron chi connectivity index (χ2n) is 7.53. The summed E-state index contributed by atoms with van der Waals surface area (Å²) >= 11 is 0.949. The number of aliphatic hydroxyl groups is 1. The van der Waals surface area contributed by atoms with Gasteiger partial charge in [0.05, 0.1) is 4.88 Å². The molecule has 0 saturated heterocycles. The highest BCUT2D eigenvalue weighted by Crippen LogP contribution is 2.69. The fraction of sp³-hybridized carbons (Fsp3) is 0.444. The highest BCUT2D eigenvalue weighted by atomic mass is 32.1. The number of thiophene rings is 1. The van der Waals surface area contributed by atoms with E-state index in [1.807, 2.05) is 0 Å². The van der Waals surface area contributed by atoms with Gasteiger partial charge in [-0.1, -0.05) is 5.16 Å². The van der Waals surface area contributed by atoms with Gasteiger partial charge in [0.2, 0.25) is 17.5 Å². The third kappa shape index (κ3) is 2.92. The Hall–Kier alpha value is -2.59. The highest BCUT2D eigenvalue weighted by Gasteiger charge is 2.64. The number of rotatable bonds is 5. The lowest BCUT2D eigenvalue weighted by Gasteiger charge is -2.36. The molecule has 8 nitrogen and oxygen atoms in total. The summed E-state index contributed by atoms with van der Waals surface area (Å²) in [5.74, 6) is 0.751. The van der Waals surface area contributed by atoms with Crippen LogP contribution in [0, 0.1) is 10.5 Å². The largest absolute Gasteiger partial charge is 0.422 e. The van der Waals surface area contributed by atoms with Crippen LogP contribution in [-0.2, 0) is 0 Å². The second kappa shape index (κ2) is 6.21. The first-order chi connectivity index (χ1) is 13.4. The second-order valence-corrected chi connectivity index (χ2v) is 8.57. The highest BCUT2D eigenvalue weighted by molar-refractivity contribution is 7.13. The van der Waals surface area contributed by atoms with Crippen LogP contribution < -0.4 is 5.32 Å². The van der Waals surface area contributed by atoms with Crippen molar-refractivity contribution in [3.63, 3.8) is 0 Å². The molecule has 0 aliphatic heterocycles. The predicted octanol–water partition coefficient (Wildman–Crippen LogP) is 3.04. The lowest BCUT2D eigenvalue weighted by atomic mass is 9.75. The number of carbonyl (C=O) groups is 1. The van der Waals surface area contributed by atoms with E-state index in [0.717, 1.165) is 30.6 Å². The van der Waals surface area contributed by atoms with Crippen molar-refractivity contribution in [1.29, 1.82) is 0 Å². The molecule has 1 unspecified atom stereocenters. The quantitative estimate of drug-likeness (QED) is 0.672. The summed E-state index contributed by atoms with van der Waals surface area (Å²) in [6.07, 6.45) is 1.82. The molecule has 1 amide bonds. The Bertz CT molecular complexity index is 1040. The topological polar surface area (TPSA) is 114 Å². The van der Waals surface area contributed by atoms with Crippen molar-refractivity contribution < 1.29 is 23.2 Å². The summed E-state index contributed by atoms with van der Waals surface area (Å²) in [6, 6.07) is 4.51. The Balaban J connectivity index is 1.17. The van der Waals surface area contributed by atoms with E-state index in [2.05, 4.69) is 20.7 Å². The first-order valence-electron chi connectivity index (χ1n) is 8.98. The van der Waals surface area contributed by atoms with Gasteiger partial charge in [0.15, 0.2) is 5.13 Å². The molecule has 28 heavy (non-hydrogen) atoms. The Morgan fingerprint density at radius 3 is 2.89 bits per heavy atom. The SMILES string of the molecule is C[C@@H](O)c1nnc(C2CC23CC(NC(=O)c2cc(-c4ccc(F)s4)no2)C3)o1. The van der Waals surface area contributed by atoms with E-state index in [4.69, 9.17) is 8.94 Å². The molecule has 10 heteroatoms. The van der Waals surface area contributed by atoms with Gasteiger partial charge in [-0.25, -0.2) is 0 Å². The van der Waals surface area contributed by atoms with Gasteiger partial charge in [-0.2, -0.15) is 4.39 Å². The first kappa shape index (κ1) is 17.5. The van der Waals surface area contributed by atoms with Crippen LogP contribution in [0.5, 0.6) is 0 Å². The Labute approximate surface area is 162 Å². The van der Waals surface area contributed by atoms with Crippen molar-refractivity contribution >= 4 is 17.2 Å². The molecule has 0 radical (unpaired) electrons. The maximum absolute atomic E-state index is 13.1. The zero-order valence-electron chi connectivity index (χ0n) is 14.9. The van der Waals surface area contributed by atoms with E-state index in [0.29, 0.717) is 16.5 Å². The van der Waals surface area contributed by atoms with Crippen LogP contribution in [0.15, 0.2) is 27.1 Å². The Morgan fingerprint density at radius 1 is 1.39 bits per heavy atom. The van der Waals surface area contributed by atoms with E-state index in [-0.39, 0.29) is 40.1 Å². The number of carbonyl (C=O) groups excluding carboxylic acids is 1. The van der Waals surface area contributed by atoms with E-state index < -0.39 is 6.10 Å². The van der Waals surface area contributed by atoms with Gasteiger partial charge >= 0.3 is 0 Å². The third-order valence-corrected chi connectivity index (χ3v) is 6.40. The minimum atomic E-state index is -0.776. The summed E-state index contributed by atoms with van der Waals surface area (Å²) < 4.78 is 23.8. The molecule has 2 aliphatic carbocycles. The van der Waals surface area contributed by atoms with Gasteiger partial charge in [0.1, 0.15) is 11.8 Å². The number of nitrogens with one attached hydrogen (secondary N) is 1. The molecule has 2 fully saturated rings. The number of amides is 1. The number of halogens is 1. The van der Waals surface area contributed by atoms with E-state index in [1.165, 1.54) is 12.1 Å². The molecular formula is C18H17FN4O4S. The molecule has 146 valence electrons. The minimum Gasteiger partial charge on any atom is -0.422 e. The van der Waals surface area contributed by atoms with Crippen molar-refractivity contribution in [3.05, 3.63) is 40.9 Å². The van der Waals surface area contributed by atoms with Crippen molar-refractivity contribution in [2.75, 3.05) is 0 Å². The monoisotopic (exact) mass is 404 g/mol. The molecule has 0 aromatic carbocycles. The zero-order chi connectivity index (χ0) is 19.5. The van der Waals surface area contributed by atoms with Crippen LogP contribution in [0.1, 0.15) is 60.5 Å². The van der Waals surface area contributed by atoms with Crippen LogP contribution in [-0.4, -0.2) is 32.4 Å². The molecular weight excluding hydrogens is 387 g/mol. The number of hydrogen-bond acceptors (Lipinski definition) is 8. The molecule has 5 rings (SSSR count). The van der Waals surface area contributed by atoms with Crippen LogP contribution in [0.25, 0.3) is 10.6 Å². The number of nitrogens with zero attached hydrogens (tertiary/aromatic N) is 3. The van der Waals surface area contributed by atoms with E-state index in [1.54, 1.807) is 13.0 Å². The lowest BCUT2D eigenvalue weighted by Crippen LogP contribution is -2.45. The average molecular weight is 404 g/mol. The Morgan fingerprint density at radius 2 is 2.21 bits per heavy atom. The van der Waals surface area contributed by atoms with E-state index in [9.17, 15) is 14.3 Å². The summed E-state index contributed by atoms with van der Waals surface area (Å²) in [5, 5.41) is 23.8. The third-order valence-electron chi connectivity index (χ3n) is 5.50. The zero-order valence-corrected chi connectivity index (χ0v) is 15.7. The summed E-state index contributed by atoms with van der Waals surface area (Å²) in [6.45, 7) is 1.58. The average Bonchev–Trinajstić information content (AvgIpc) is 3.09. The van der Waals surface area contributed by atoms with Crippen LogP contribution in [0.2, 0.25) is 0 Å². The van der Waals surface area contributed by atoms with E-state index >= 15 is 0 Å². The van der Waals surface area contributed by atoms with Gasteiger partial charge in [0.25, 0.3) is 5.91 Å². The van der Waals surface area contributed by atoms with Crippen molar-refractivity contribution in [2.45, 2.75) is 44.2 Å². The van der Waals surface area contributed by atoms with Crippen molar-refractivity contribution in [2.24, 2.45) is 5.41 Å². The van der Waals surface area contributed by atoms with Crippen LogP contribution in [0.3, 0.4) is 0 Å². The lowest BCUT2D eigenvalue weighted by molar-refractivity contribution is 0.0833. The number of aromatic nitrogens is 3. The van der Waals surface area contributed by atoms with Crippen LogP contribution >= 0.6 is 11.3 Å². The molecule has 2 saturated carbocycles. The van der Waals surface area contributed by atoms with Crippen LogP contribution in [0.4, 0.5) is 4.39 Å². The standard InChI is InChI=1S/C18H17FN4O4S/c1-8(24)16-21-22-17(26-16)10-7-18(10)5-9(6-18)20-15(25)12-4-11(23-27-12)13-2-3-14(19)28-13/h2-4,8-10,24H,5-7H2,1H3,(H,20,25)/t8-,9?,10?,18?/m1/s1. The van der Waals surface area contributed by atoms with Gasteiger partial charge in [-0.05, 0) is 43.7 Å². The number of hydrogen-bond donors (Lipinski definition) is 2. The Kier molecular flexibility index (Phi) is 3.88. The summed E-state index contributed by atoms with van der Waals surface area (Å²) in [7, 11) is 0. The molecule has 3 aromatic rings. The van der Waals surface area contributed by atoms with Gasteiger partial charge in [-0.15, -0.1) is 21.5 Å². The maximum Gasteiger partial charge on any atom is 0.290 e. The summed E-state index contributed by atoms with van der Waals surface area (Å²) in [4.78, 5) is 13.0. The first-order valence-corrected chi connectivity index (χ1v) is 9.80.